The Morgan fingerprint density at radius 1 is 1.45 bits per heavy atom. The fourth-order valence-corrected chi connectivity index (χ4v) is 2.61. The van der Waals surface area contributed by atoms with E-state index in [2.05, 4.69) is 0 Å². The molecule has 2 atom stereocenters. The number of anilines is 1. The van der Waals surface area contributed by atoms with Crippen LogP contribution in [0.3, 0.4) is 0 Å². The van der Waals surface area contributed by atoms with Crippen LogP contribution in [0.4, 0.5) is 5.69 Å². The van der Waals surface area contributed by atoms with Gasteiger partial charge in [0.25, 0.3) is 0 Å². The first kappa shape index (κ1) is 14.7. The summed E-state index contributed by atoms with van der Waals surface area (Å²) in [7, 11) is 3.97. The SMILES string of the molecule is CN(C)c1cccc(OC2CCCC(N)(C(N)=O)C2)c1. The van der Waals surface area contributed by atoms with Gasteiger partial charge in [0.2, 0.25) is 5.91 Å². The zero-order valence-electron chi connectivity index (χ0n) is 12.1. The summed E-state index contributed by atoms with van der Waals surface area (Å²) in [6.07, 6.45) is 2.82. The third-order valence-corrected chi connectivity index (χ3v) is 3.87. The molecule has 5 nitrogen and oxygen atoms in total. The van der Waals surface area contributed by atoms with E-state index in [4.69, 9.17) is 16.2 Å². The van der Waals surface area contributed by atoms with Crippen molar-refractivity contribution in [3.05, 3.63) is 24.3 Å². The van der Waals surface area contributed by atoms with E-state index in [0.717, 1.165) is 24.3 Å². The normalized spacial score (nSPS) is 26.1. The van der Waals surface area contributed by atoms with Gasteiger partial charge >= 0.3 is 0 Å². The average Bonchev–Trinajstić information content (AvgIpc) is 2.39. The number of carbonyl (C=O) groups is 1. The summed E-state index contributed by atoms with van der Waals surface area (Å²) in [6, 6.07) is 7.88. The smallest absolute Gasteiger partial charge is 0.237 e. The van der Waals surface area contributed by atoms with Crippen molar-refractivity contribution in [1.29, 1.82) is 0 Å². The van der Waals surface area contributed by atoms with Crippen LogP contribution in [-0.2, 0) is 4.79 Å². The van der Waals surface area contributed by atoms with Gasteiger partial charge in [0.05, 0.1) is 5.54 Å². The maximum absolute atomic E-state index is 11.5. The highest BCUT2D eigenvalue weighted by atomic mass is 16.5. The van der Waals surface area contributed by atoms with Crippen LogP contribution in [0.25, 0.3) is 0 Å². The molecule has 1 amide bonds. The van der Waals surface area contributed by atoms with Crippen LogP contribution in [0.1, 0.15) is 25.7 Å². The molecule has 0 aromatic heterocycles. The van der Waals surface area contributed by atoms with Gasteiger partial charge in [0.1, 0.15) is 11.9 Å². The molecule has 2 unspecified atom stereocenters. The van der Waals surface area contributed by atoms with Crippen LogP contribution in [0, 0.1) is 0 Å². The Morgan fingerprint density at radius 2 is 2.20 bits per heavy atom. The highest BCUT2D eigenvalue weighted by molar-refractivity contribution is 5.84. The second-order valence-corrected chi connectivity index (χ2v) is 5.75. The molecule has 1 aliphatic carbocycles. The molecule has 5 heteroatoms. The van der Waals surface area contributed by atoms with E-state index in [1.165, 1.54) is 0 Å². The van der Waals surface area contributed by atoms with Crippen LogP contribution < -0.4 is 21.1 Å². The molecule has 20 heavy (non-hydrogen) atoms. The van der Waals surface area contributed by atoms with Gasteiger partial charge in [0.15, 0.2) is 0 Å². The van der Waals surface area contributed by atoms with E-state index in [1.807, 2.05) is 43.3 Å². The second-order valence-electron chi connectivity index (χ2n) is 5.75. The van der Waals surface area contributed by atoms with Gasteiger partial charge in [-0.3, -0.25) is 4.79 Å². The zero-order chi connectivity index (χ0) is 14.8. The fourth-order valence-electron chi connectivity index (χ4n) is 2.61. The predicted octanol–water partition coefficient (Wildman–Crippen LogP) is 1.26. The standard InChI is InChI=1S/C15H23N3O2/c1-18(2)11-5-3-6-12(9-11)20-13-7-4-8-15(17,10-13)14(16)19/h3,5-6,9,13H,4,7-8,10,17H2,1-2H3,(H2,16,19). The summed E-state index contributed by atoms with van der Waals surface area (Å²) in [4.78, 5) is 13.5. The van der Waals surface area contributed by atoms with Crippen molar-refractivity contribution >= 4 is 11.6 Å². The molecule has 2 rings (SSSR count). The monoisotopic (exact) mass is 277 g/mol. The first-order chi connectivity index (χ1) is 9.40. The maximum atomic E-state index is 11.5. The van der Waals surface area contributed by atoms with Gasteiger partial charge in [0, 0.05) is 32.3 Å². The van der Waals surface area contributed by atoms with E-state index in [9.17, 15) is 4.79 Å². The first-order valence-electron chi connectivity index (χ1n) is 6.93. The molecular weight excluding hydrogens is 254 g/mol. The second kappa shape index (κ2) is 5.71. The molecule has 1 fully saturated rings. The van der Waals surface area contributed by atoms with E-state index in [-0.39, 0.29) is 6.10 Å². The van der Waals surface area contributed by atoms with Crippen LogP contribution in [0.5, 0.6) is 5.75 Å². The molecule has 1 saturated carbocycles. The van der Waals surface area contributed by atoms with Gasteiger partial charge in [-0.15, -0.1) is 0 Å². The Balaban J connectivity index is 2.06. The third kappa shape index (κ3) is 3.22. The fraction of sp³-hybridized carbons (Fsp3) is 0.533. The van der Waals surface area contributed by atoms with Crippen molar-refractivity contribution < 1.29 is 9.53 Å². The largest absolute Gasteiger partial charge is 0.490 e. The summed E-state index contributed by atoms with van der Waals surface area (Å²) >= 11 is 0. The van der Waals surface area contributed by atoms with E-state index < -0.39 is 11.4 Å². The number of nitrogens with zero attached hydrogens (tertiary/aromatic N) is 1. The average molecular weight is 277 g/mol. The number of rotatable bonds is 4. The summed E-state index contributed by atoms with van der Waals surface area (Å²) in [5.41, 5.74) is 11.6. The summed E-state index contributed by atoms with van der Waals surface area (Å²) in [5, 5.41) is 0. The van der Waals surface area contributed by atoms with Crippen LogP contribution in [-0.4, -0.2) is 31.6 Å². The molecule has 0 radical (unpaired) electrons. The molecule has 0 saturated heterocycles. The summed E-state index contributed by atoms with van der Waals surface area (Å²) in [5.74, 6) is 0.364. The minimum absolute atomic E-state index is 0.0568. The minimum Gasteiger partial charge on any atom is -0.490 e. The molecule has 110 valence electrons. The highest BCUT2D eigenvalue weighted by Crippen LogP contribution is 2.30. The van der Waals surface area contributed by atoms with Gasteiger partial charge in [-0.1, -0.05) is 6.07 Å². The highest BCUT2D eigenvalue weighted by Gasteiger charge is 2.38. The molecular formula is C15H23N3O2. The van der Waals surface area contributed by atoms with E-state index in [0.29, 0.717) is 12.8 Å². The Hall–Kier alpha value is -1.75. The maximum Gasteiger partial charge on any atom is 0.237 e. The lowest BCUT2D eigenvalue weighted by molar-refractivity contribution is -0.125. The molecule has 1 aromatic rings. The number of ether oxygens (including phenoxy) is 1. The first-order valence-corrected chi connectivity index (χ1v) is 6.93. The number of carbonyl (C=O) groups excluding carboxylic acids is 1. The Morgan fingerprint density at radius 3 is 2.85 bits per heavy atom. The van der Waals surface area contributed by atoms with Crippen molar-refractivity contribution in [2.24, 2.45) is 11.5 Å². The Labute approximate surface area is 119 Å². The van der Waals surface area contributed by atoms with Crippen LogP contribution in [0.2, 0.25) is 0 Å². The number of amides is 1. The van der Waals surface area contributed by atoms with Gasteiger partial charge in [-0.05, 0) is 31.4 Å². The van der Waals surface area contributed by atoms with Crippen molar-refractivity contribution in [3.63, 3.8) is 0 Å². The molecule has 4 N–H and O–H groups in total. The minimum atomic E-state index is -0.928. The number of nitrogens with two attached hydrogens (primary N) is 2. The molecule has 0 bridgehead atoms. The lowest BCUT2D eigenvalue weighted by atomic mass is 9.80. The quantitative estimate of drug-likeness (QED) is 0.868. The lowest BCUT2D eigenvalue weighted by Gasteiger charge is -2.35. The third-order valence-electron chi connectivity index (χ3n) is 3.87. The van der Waals surface area contributed by atoms with Gasteiger partial charge < -0.3 is 21.1 Å². The van der Waals surface area contributed by atoms with Crippen molar-refractivity contribution in [3.8, 4) is 5.75 Å². The number of benzene rings is 1. The molecule has 1 aliphatic rings. The van der Waals surface area contributed by atoms with Crippen LogP contribution in [0.15, 0.2) is 24.3 Å². The lowest BCUT2D eigenvalue weighted by Crippen LogP contribution is -2.56. The van der Waals surface area contributed by atoms with Gasteiger partial charge in [-0.25, -0.2) is 0 Å². The van der Waals surface area contributed by atoms with Gasteiger partial charge in [-0.2, -0.15) is 0 Å². The van der Waals surface area contributed by atoms with E-state index >= 15 is 0 Å². The Bertz CT molecular complexity index is 490. The zero-order valence-corrected chi connectivity index (χ0v) is 12.1. The van der Waals surface area contributed by atoms with Crippen molar-refractivity contribution in [2.45, 2.75) is 37.3 Å². The van der Waals surface area contributed by atoms with Crippen molar-refractivity contribution in [1.82, 2.24) is 0 Å². The van der Waals surface area contributed by atoms with E-state index in [1.54, 1.807) is 0 Å². The predicted molar refractivity (Wildman–Crippen MR) is 79.8 cm³/mol. The number of primary amides is 1. The molecule has 0 heterocycles. The Kier molecular flexibility index (Phi) is 4.18. The summed E-state index contributed by atoms with van der Waals surface area (Å²) in [6.45, 7) is 0. The summed E-state index contributed by atoms with van der Waals surface area (Å²) < 4.78 is 5.98. The molecule has 0 spiro atoms. The van der Waals surface area contributed by atoms with Crippen LogP contribution >= 0.6 is 0 Å². The number of hydrogen-bond donors (Lipinski definition) is 2. The number of hydrogen-bond acceptors (Lipinski definition) is 4. The topological polar surface area (TPSA) is 81.6 Å². The molecule has 1 aromatic carbocycles. The molecule has 0 aliphatic heterocycles. The van der Waals surface area contributed by atoms with Crippen molar-refractivity contribution in [2.75, 3.05) is 19.0 Å².